The Kier molecular flexibility index (Phi) is 4.26. The molecule has 2 saturated carbocycles. The lowest BCUT2D eigenvalue weighted by Crippen LogP contribution is -2.29. The zero-order chi connectivity index (χ0) is 20.2. The van der Waals surface area contributed by atoms with Crippen LogP contribution in [-0.2, 0) is 0 Å². The third kappa shape index (κ3) is 3.24. The number of fused-ring (bicyclic) bond motifs is 1. The van der Waals surface area contributed by atoms with Crippen LogP contribution in [0.25, 0.3) is 11.0 Å². The number of H-pyrrole nitrogens is 1. The number of rotatable bonds is 3. The van der Waals surface area contributed by atoms with Crippen LogP contribution in [0.4, 0.5) is 4.39 Å². The highest BCUT2D eigenvalue weighted by atomic mass is 19.1. The van der Waals surface area contributed by atoms with Gasteiger partial charge in [0.05, 0.1) is 12.2 Å². The van der Waals surface area contributed by atoms with Crippen LogP contribution in [0.2, 0.25) is 0 Å². The molecule has 0 amide bonds. The molecular weight excluding hydrogens is 371 g/mol. The maximum absolute atomic E-state index is 14.2. The zero-order valence-electron chi connectivity index (χ0n) is 16.7. The Morgan fingerprint density at radius 3 is 2.45 bits per heavy atom. The second-order valence-corrected chi connectivity index (χ2v) is 8.83. The zero-order valence-corrected chi connectivity index (χ0v) is 16.7. The first-order valence-electron chi connectivity index (χ1n) is 10.4. The molecule has 1 N–H and O–H groups in total. The monoisotopic (exact) mass is 396 g/mol. The van der Waals surface area contributed by atoms with Crippen LogP contribution >= 0.6 is 0 Å². The van der Waals surface area contributed by atoms with Crippen LogP contribution in [0.15, 0.2) is 23.4 Å². The first-order valence-corrected chi connectivity index (χ1v) is 10.4. The molecule has 8 heteroatoms. The average Bonchev–Trinajstić information content (AvgIpc) is 3.07. The summed E-state index contributed by atoms with van der Waals surface area (Å²) in [6.07, 6.45) is 9.57. The summed E-state index contributed by atoms with van der Waals surface area (Å²) < 4.78 is 16.0. The largest absolute Gasteiger partial charge is 0.310 e. The van der Waals surface area contributed by atoms with Crippen molar-refractivity contribution < 1.29 is 4.39 Å². The van der Waals surface area contributed by atoms with Crippen LogP contribution in [0.5, 0.6) is 0 Å². The summed E-state index contributed by atoms with van der Waals surface area (Å²) in [6.45, 7) is 3.63. The molecule has 2 atom stereocenters. The van der Waals surface area contributed by atoms with Crippen molar-refractivity contribution in [1.82, 2.24) is 29.7 Å². The third-order valence-electron chi connectivity index (χ3n) is 6.58. The Morgan fingerprint density at radius 2 is 1.79 bits per heavy atom. The molecule has 5 rings (SSSR count). The topological polar surface area (TPSA) is 89.4 Å². The Bertz CT molecular complexity index is 1090. The molecule has 7 nitrogen and oxygen atoms in total. The molecule has 3 heterocycles. The maximum atomic E-state index is 14.2. The standard InChI is InChI=1S/C21H25FN6O/c1-12-9-23-17(24-10-12)14-3-4-15(14)18-26-19-16(20(29)27-18)11-25-28(19)13-5-7-21(2,22)8-6-13/h9-11,13-15H,3-8H2,1-2H3,(H,26,27,29)/t13?,14?,15-,21?/m1/s1. The lowest BCUT2D eigenvalue weighted by Gasteiger charge is -2.34. The van der Waals surface area contributed by atoms with Crippen molar-refractivity contribution >= 4 is 11.0 Å². The van der Waals surface area contributed by atoms with Gasteiger partial charge in [-0.15, -0.1) is 0 Å². The van der Waals surface area contributed by atoms with Crippen molar-refractivity contribution in [2.75, 3.05) is 0 Å². The number of hydrogen-bond acceptors (Lipinski definition) is 5. The summed E-state index contributed by atoms with van der Waals surface area (Å²) in [5.41, 5.74) is 0.353. The van der Waals surface area contributed by atoms with Gasteiger partial charge in [0, 0.05) is 24.2 Å². The molecule has 29 heavy (non-hydrogen) atoms. The first kappa shape index (κ1) is 18.4. The maximum Gasteiger partial charge on any atom is 0.262 e. The van der Waals surface area contributed by atoms with Crippen molar-refractivity contribution in [3.05, 3.63) is 46.2 Å². The van der Waals surface area contributed by atoms with Gasteiger partial charge >= 0.3 is 0 Å². The summed E-state index contributed by atoms with van der Waals surface area (Å²) >= 11 is 0. The fourth-order valence-corrected chi connectivity index (χ4v) is 4.58. The Hall–Kier alpha value is -2.64. The predicted molar refractivity (Wildman–Crippen MR) is 107 cm³/mol. The third-order valence-corrected chi connectivity index (χ3v) is 6.58. The molecule has 0 radical (unpaired) electrons. The van der Waals surface area contributed by atoms with E-state index in [4.69, 9.17) is 4.98 Å². The van der Waals surface area contributed by atoms with Gasteiger partial charge in [0.1, 0.15) is 22.7 Å². The quantitative estimate of drug-likeness (QED) is 0.729. The van der Waals surface area contributed by atoms with Crippen LogP contribution in [-0.4, -0.2) is 35.4 Å². The van der Waals surface area contributed by atoms with E-state index in [1.54, 1.807) is 13.1 Å². The van der Waals surface area contributed by atoms with Crippen molar-refractivity contribution in [2.24, 2.45) is 0 Å². The molecule has 0 aliphatic heterocycles. The van der Waals surface area contributed by atoms with Crippen molar-refractivity contribution in [3.63, 3.8) is 0 Å². The molecule has 3 aromatic heterocycles. The molecule has 0 saturated heterocycles. The molecule has 1 unspecified atom stereocenters. The van der Waals surface area contributed by atoms with Gasteiger partial charge in [0.15, 0.2) is 5.65 Å². The van der Waals surface area contributed by atoms with Crippen LogP contribution in [0.3, 0.4) is 0 Å². The van der Waals surface area contributed by atoms with E-state index in [0.717, 1.165) is 24.2 Å². The SMILES string of the molecule is Cc1cnc(C2CC[C@H]2c2nc3c(cnn3C3CCC(C)(F)CC3)c(=O)[nH]2)nc1. The number of halogens is 1. The first-order chi connectivity index (χ1) is 13.9. The summed E-state index contributed by atoms with van der Waals surface area (Å²) in [6, 6.07) is 0.0797. The fraction of sp³-hybridized carbons (Fsp3) is 0.571. The molecule has 0 spiro atoms. The number of alkyl halides is 1. The van der Waals surface area contributed by atoms with E-state index in [0.29, 0.717) is 42.5 Å². The highest BCUT2D eigenvalue weighted by Crippen LogP contribution is 2.46. The van der Waals surface area contributed by atoms with Gasteiger partial charge < -0.3 is 4.98 Å². The molecule has 152 valence electrons. The summed E-state index contributed by atoms with van der Waals surface area (Å²) in [5.74, 6) is 1.74. The number of nitrogens with zero attached hydrogens (tertiary/aromatic N) is 5. The molecule has 2 aliphatic carbocycles. The number of hydrogen-bond donors (Lipinski definition) is 1. The molecule has 3 aromatic rings. The van der Waals surface area contributed by atoms with Gasteiger partial charge in [0.2, 0.25) is 0 Å². The molecular formula is C21H25FN6O. The molecule has 0 bridgehead atoms. The van der Waals surface area contributed by atoms with Crippen molar-refractivity contribution in [1.29, 1.82) is 0 Å². The molecule has 0 aromatic carbocycles. The second-order valence-electron chi connectivity index (χ2n) is 8.83. The Balaban J connectivity index is 1.48. The lowest BCUT2D eigenvalue weighted by atomic mass is 9.72. The molecule has 2 fully saturated rings. The number of nitrogens with one attached hydrogen (secondary N) is 1. The minimum absolute atomic E-state index is 0.0797. The minimum atomic E-state index is -1.11. The van der Waals surface area contributed by atoms with Crippen LogP contribution in [0, 0.1) is 6.92 Å². The smallest absolute Gasteiger partial charge is 0.262 e. The normalized spacial score (nSPS) is 29.7. The number of aromatic amines is 1. The minimum Gasteiger partial charge on any atom is -0.310 e. The van der Waals surface area contributed by atoms with E-state index >= 15 is 0 Å². The van der Waals surface area contributed by atoms with Gasteiger partial charge in [-0.2, -0.15) is 5.10 Å². The summed E-state index contributed by atoms with van der Waals surface area (Å²) in [4.78, 5) is 29.4. The average molecular weight is 396 g/mol. The predicted octanol–water partition coefficient (Wildman–Crippen LogP) is 3.72. The Labute approximate surface area is 167 Å². The fourth-order valence-electron chi connectivity index (χ4n) is 4.58. The Morgan fingerprint density at radius 1 is 1.10 bits per heavy atom. The van der Waals surface area contributed by atoms with Gasteiger partial charge in [0.25, 0.3) is 5.56 Å². The van der Waals surface area contributed by atoms with Gasteiger partial charge in [-0.05, 0) is 57.9 Å². The second kappa shape index (κ2) is 6.71. The van der Waals surface area contributed by atoms with E-state index in [-0.39, 0.29) is 23.4 Å². The van der Waals surface area contributed by atoms with Gasteiger partial charge in [-0.1, -0.05) is 0 Å². The van der Waals surface area contributed by atoms with E-state index in [9.17, 15) is 9.18 Å². The van der Waals surface area contributed by atoms with Crippen LogP contribution < -0.4 is 5.56 Å². The molecule has 2 aliphatic rings. The summed E-state index contributed by atoms with van der Waals surface area (Å²) in [7, 11) is 0. The van der Waals surface area contributed by atoms with E-state index < -0.39 is 5.67 Å². The highest BCUT2D eigenvalue weighted by Gasteiger charge is 2.38. The van der Waals surface area contributed by atoms with Crippen molar-refractivity contribution in [3.8, 4) is 0 Å². The number of aryl methyl sites for hydroxylation is 1. The van der Waals surface area contributed by atoms with E-state index in [2.05, 4.69) is 20.1 Å². The lowest BCUT2D eigenvalue weighted by molar-refractivity contribution is 0.103. The van der Waals surface area contributed by atoms with Crippen molar-refractivity contribution in [2.45, 2.75) is 75.9 Å². The van der Waals surface area contributed by atoms with Gasteiger partial charge in [-0.25, -0.2) is 24.0 Å². The van der Waals surface area contributed by atoms with Crippen LogP contribution in [0.1, 0.15) is 80.5 Å². The highest BCUT2D eigenvalue weighted by molar-refractivity contribution is 5.73. The summed E-state index contributed by atoms with van der Waals surface area (Å²) in [5, 5.41) is 4.94. The van der Waals surface area contributed by atoms with Gasteiger partial charge in [-0.3, -0.25) is 4.79 Å². The van der Waals surface area contributed by atoms with E-state index in [1.165, 1.54) is 0 Å². The number of aromatic nitrogens is 6. The van der Waals surface area contributed by atoms with E-state index in [1.807, 2.05) is 24.0 Å².